The lowest BCUT2D eigenvalue weighted by Crippen LogP contribution is -2.21. The van der Waals surface area contributed by atoms with Crippen molar-refractivity contribution in [3.63, 3.8) is 0 Å². The van der Waals surface area contributed by atoms with Crippen LogP contribution in [0, 0.1) is 0 Å². The molecule has 1 amide bonds. The monoisotopic (exact) mass is 233 g/mol. The van der Waals surface area contributed by atoms with Gasteiger partial charge in [-0.05, 0) is 50.6 Å². The van der Waals surface area contributed by atoms with Gasteiger partial charge in [0.05, 0.1) is 0 Å². The molecule has 0 spiro atoms. The van der Waals surface area contributed by atoms with E-state index in [2.05, 4.69) is 10.6 Å². The lowest BCUT2D eigenvalue weighted by molar-refractivity contribution is 0.100. The summed E-state index contributed by atoms with van der Waals surface area (Å²) in [5.74, 6) is -0.379. The van der Waals surface area contributed by atoms with E-state index >= 15 is 0 Å². The number of amides is 1. The molecule has 1 aliphatic rings. The maximum absolute atomic E-state index is 11.1. The van der Waals surface area contributed by atoms with Crippen LogP contribution in [0.2, 0.25) is 0 Å². The molecule has 1 aromatic rings. The van der Waals surface area contributed by atoms with Gasteiger partial charge in [-0.25, -0.2) is 0 Å². The summed E-state index contributed by atoms with van der Waals surface area (Å²) in [6.45, 7) is 2.15. The second-order valence-corrected chi connectivity index (χ2v) is 4.47. The first-order valence-electron chi connectivity index (χ1n) is 6.13. The van der Waals surface area contributed by atoms with E-state index in [1.54, 1.807) is 6.07 Å². The van der Waals surface area contributed by atoms with Crippen molar-refractivity contribution < 1.29 is 4.79 Å². The van der Waals surface area contributed by atoms with Crippen molar-refractivity contribution in [3.8, 4) is 0 Å². The van der Waals surface area contributed by atoms with E-state index in [1.165, 1.54) is 6.42 Å². The molecule has 1 unspecified atom stereocenters. The summed E-state index contributed by atoms with van der Waals surface area (Å²) in [4.78, 5) is 11.1. The zero-order valence-corrected chi connectivity index (χ0v) is 9.91. The second-order valence-electron chi connectivity index (χ2n) is 4.47. The molecular formula is C13H19N3O. The molecule has 92 valence electrons. The third-order valence-corrected chi connectivity index (χ3v) is 3.09. The minimum absolute atomic E-state index is 0.379. The maximum Gasteiger partial charge on any atom is 0.248 e. The van der Waals surface area contributed by atoms with E-state index in [0.29, 0.717) is 11.6 Å². The molecule has 1 aromatic carbocycles. The van der Waals surface area contributed by atoms with E-state index in [9.17, 15) is 4.79 Å². The third-order valence-electron chi connectivity index (χ3n) is 3.09. The Labute approximate surface area is 102 Å². The fourth-order valence-electron chi connectivity index (χ4n) is 2.16. The van der Waals surface area contributed by atoms with Crippen LogP contribution in [0.15, 0.2) is 24.3 Å². The lowest BCUT2D eigenvalue weighted by Gasteiger charge is -2.17. The highest BCUT2D eigenvalue weighted by atomic mass is 16.1. The number of primary amides is 1. The van der Waals surface area contributed by atoms with Gasteiger partial charge in [0.15, 0.2) is 0 Å². The quantitative estimate of drug-likeness (QED) is 0.738. The molecule has 17 heavy (non-hydrogen) atoms. The van der Waals surface area contributed by atoms with Crippen LogP contribution in [0.25, 0.3) is 0 Å². The summed E-state index contributed by atoms with van der Waals surface area (Å²) in [6, 6.07) is 7.87. The van der Waals surface area contributed by atoms with Crippen molar-refractivity contribution >= 4 is 11.6 Å². The molecule has 4 N–H and O–H groups in total. The number of anilines is 1. The zero-order valence-electron chi connectivity index (χ0n) is 9.91. The summed E-state index contributed by atoms with van der Waals surface area (Å²) in [5, 5.41) is 6.85. The molecule has 1 aliphatic heterocycles. The van der Waals surface area contributed by atoms with Crippen molar-refractivity contribution in [1.82, 2.24) is 5.32 Å². The van der Waals surface area contributed by atoms with Gasteiger partial charge in [0.25, 0.3) is 0 Å². The fourth-order valence-corrected chi connectivity index (χ4v) is 2.16. The number of hydrogen-bond acceptors (Lipinski definition) is 3. The van der Waals surface area contributed by atoms with Gasteiger partial charge in [-0.2, -0.15) is 0 Å². The van der Waals surface area contributed by atoms with Gasteiger partial charge in [-0.1, -0.05) is 6.07 Å². The molecule has 0 aliphatic carbocycles. The molecule has 0 saturated carbocycles. The Kier molecular flexibility index (Phi) is 3.98. The number of nitrogens with one attached hydrogen (secondary N) is 2. The normalized spacial score (nSPS) is 20.6. The molecule has 2 rings (SSSR count). The van der Waals surface area contributed by atoms with Crippen LogP contribution < -0.4 is 16.4 Å². The highest BCUT2D eigenvalue weighted by Crippen LogP contribution is 2.15. The molecule has 4 nitrogen and oxygen atoms in total. The van der Waals surface area contributed by atoms with Gasteiger partial charge in [0.2, 0.25) is 5.91 Å². The first kappa shape index (κ1) is 11.9. The summed E-state index contributed by atoms with van der Waals surface area (Å²) in [6.07, 6.45) is 3.46. The number of carbonyl (C=O) groups is 1. The number of rotatable bonds is 3. The summed E-state index contributed by atoms with van der Waals surface area (Å²) < 4.78 is 0. The topological polar surface area (TPSA) is 67.2 Å². The first-order chi connectivity index (χ1) is 8.25. The number of hydrogen-bond donors (Lipinski definition) is 3. The van der Waals surface area contributed by atoms with Crippen LogP contribution in [0.3, 0.4) is 0 Å². The highest BCUT2D eigenvalue weighted by Gasteiger charge is 2.11. The van der Waals surface area contributed by atoms with E-state index in [-0.39, 0.29) is 5.91 Å². The summed E-state index contributed by atoms with van der Waals surface area (Å²) in [5.41, 5.74) is 6.80. The molecule has 1 heterocycles. The molecule has 1 fully saturated rings. The van der Waals surface area contributed by atoms with E-state index in [0.717, 1.165) is 31.6 Å². The number of benzene rings is 1. The largest absolute Gasteiger partial charge is 0.382 e. The molecule has 1 saturated heterocycles. The highest BCUT2D eigenvalue weighted by molar-refractivity contribution is 5.93. The van der Waals surface area contributed by atoms with Crippen molar-refractivity contribution in [2.75, 3.05) is 18.4 Å². The van der Waals surface area contributed by atoms with E-state index < -0.39 is 0 Å². The SMILES string of the molecule is NC(=O)c1cccc(NC2CCCNCC2)c1. The average Bonchev–Trinajstić information content (AvgIpc) is 2.58. The Bertz CT molecular complexity index is 384. The fraction of sp³-hybridized carbons (Fsp3) is 0.462. The van der Waals surface area contributed by atoms with E-state index in [4.69, 9.17) is 5.73 Å². The summed E-state index contributed by atoms with van der Waals surface area (Å²) in [7, 11) is 0. The average molecular weight is 233 g/mol. The maximum atomic E-state index is 11.1. The second kappa shape index (κ2) is 5.68. The van der Waals surface area contributed by atoms with Crippen molar-refractivity contribution in [3.05, 3.63) is 29.8 Å². The van der Waals surface area contributed by atoms with Crippen LogP contribution in [0.5, 0.6) is 0 Å². The van der Waals surface area contributed by atoms with Crippen molar-refractivity contribution in [2.24, 2.45) is 5.73 Å². The van der Waals surface area contributed by atoms with Gasteiger partial charge in [0.1, 0.15) is 0 Å². The first-order valence-corrected chi connectivity index (χ1v) is 6.13. The van der Waals surface area contributed by atoms with Crippen molar-refractivity contribution in [2.45, 2.75) is 25.3 Å². The van der Waals surface area contributed by atoms with Crippen LogP contribution in [0.4, 0.5) is 5.69 Å². The van der Waals surface area contributed by atoms with Crippen LogP contribution in [-0.2, 0) is 0 Å². The van der Waals surface area contributed by atoms with Gasteiger partial charge in [-0.15, -0.1) is 0 Å². The Morgan fingerprint density at radius 1 is 1.35 bits per heavy atom. The molecule has 0 aromatic heterocycles. The third kappa shape index (κ3) is 3.46. The Morgan fingerprint density at radius 3 is 3.06 bits per heavy atom. The predicted molar refractivity (Wildman–Crippen MR) is 69.1 cm³/mol. The molecule has 0 radical (unpaired) electrons. The predicted octanol–water partition coefficient (Wildman–Crippen LogP) is 1.34. The molecular weight excluding hydrogens is 214 g/mol. The van der Waals surface area contributed by atoms with E-state index in [1.807, 2.05) is 18.2 Å². The lowest BCUT2D eigenvalue weighted by atomic mass is 10.1. The number of carbonyl (C=O) groups excluding carboxylic acids is 1. The minimum atomic E-state index is -0.379. The Hall–Kier alpha value is -1.55. The molecule has 0 bridgehead atoms. The molecule has 1 atom stereocenters. The van der Waals surface area contributed by atoms with Gasteiger partial charge in [-0.3, -0.25) is 4.79 Å². The number of nitrogens with two attached hydrogens (primary N) is 1. The van der Waals surface area contributed by atoms with Gasteiger partial charge < -0.3 is 16.4 Å². The van der Waals surface area contributed by atoms with Gasteiger partial charge >= 0.3 is 0 Å². The molecule has 4 heteroatoms. The van der Waals surface area contributed by atoms with Crippen LogP contribution in [-0.4, -0.2) is 25.0 Å². The Morgan fingerprint density at radius 2 is 2.24 bits per heavy atom. The van der Waals surface area contributed by atoms with Crippen LogP contribution in [0.1, 0.15) is 29.6 Å². The van der Waals surface area contributed by atoms with Crippen LogP contribution >= 0.6 is 0 Å². The standard InChI is InChI=1S/C13H19N3O/c14-13(17)10-3-1-4-12(9-10)16-11-5-2-7-15-8-6-11/h1,3-4,9,11,15-16H,2,5-8H2,(H2,14,17). The van der Waals surface area contributed by atoms with Crippen molar-refractivity contribution in [1.29, 1.82) is 0 Å². The Balaban J connectivity index is 2.01. The zero-order chi connectivity index (χ0) is 12.1. The van der Waals surface area contributed by atoms with Gasteiger partial charge in [0, 0.05) is 17.3 Å². The summed E-state index contributed by atoms with van der Waals surface area (Å²) >= 11 is 0. The minimum Gasteiger partial charge on any atom is -0.382 e. The smallest absolute Gasteiger partial charge is 0.248 e.